The summed E-state index contributed by atoms with van der Waals surface area (Å²) in [4.78, 5) is 2.56. The Bertz CT molecular complexity index is 413. The van der Waals surface area contributed by atoms with E-state index >= 15 is 0 Å². The molecule has 1 saturated heterocycles. The highest BCUT2D eigenvalue weighted by Gasteiger charge is 2.21. The van der Waals surface area contributed by atoms with Crippen molar-refractivity contribution in [2.75, 3.05) is 26.2 Å². The van der Waals surface area contributed by atoms with Gasteiger partial charge < -0.3 is 10.2 Å². The molecule has 1 aromatic carbocycles. The average molecular weight is 265 g/mol. The summed E-state index contributed by atoms with van der Waals surface area (Å²) < 4.78 is 0. The number of benzene rings is 1. The second-order valence-electron chi connectivity index (χ2n) is 5.52. The van der Waals surface area contributed by atoms with E-state index in [0.29, 0.717) is 6.04 Å². The van der Waals surface area contributed by atoms with E-state index in [1.165, 1.54) is 43.6 Å². The molecule has 1 aliphatic heterocycles. The number of fused-ring (bicyclic) bond motifs is 1. The van der Waals surface area contributed by atoms with Crippen molar-refractivity contribution in [2.24, 2.45) is 0 Å². The summed E-state index contributed by atoms with van der Waals surface area (Å²) in [6.07, 6.45) is 5.06. The van der Waals surface area contributed by atoms with E-state index in [-0.39, 0.29) is 0 Å². The number of nitrogens with one attached hydrogen (secondary N) is 1. The van der Waals surface area contributed by atoms with E-state index < -0.39 is 0 Å². The van der Waals surface area contributed by atoms with Crippen LogP contribution in [0.2, 0.25) is 5.02 Å². The van der Waals surface area contributed by atoms with Crippen LogP contribution in [0.1, 0.15) is 24.0 Å². The molecule has 0 amide bonds. The summed E-state index contributed by atoms with van der Waals surface area (Å²) in [6.45, 7) is 4.91. The highest BCUT2D eigenvalue weighted by Crippen LogP contribution is 2.25. The van der Waals surface area contributed by atoms with Gasteiger partial charge in [-0.2, -0.15) is 0 Å². The van der Waals surface area contributed by atoms with Gasteiger partial charge >= 0.3 is 0 Å². The molecule has 18 heavy (non-hydrogen) atoms. The van der Waals surface area contributed by atoms with Gasteiger partial charge in [0.05, 0.1) is 0 Å². The van der Waals surface area contributed by atoms with Crippen LogP contribution in [0.3, 0.4) is 0 Å². The summed E-state index contributed by atoms with van der Waals surface area (Å²) in [5.74, 6) is 0. The first kappa shape index (κ1) is 12.5. The fraction of sp³-hybridized carbons (Fsp3) is 0.600. The van der Waals surface area contributed by atoms with Crippen LogP contribution in [-0.4, -0.2) is 37.1 Å². The van der Waals surface area contributed by atoms with Crippen LogP contribution in [0.15, 0.2) is 18.2 Å². The summed E-state index contributed by atoms with van der Waals surface area (Å²) >= 11 is 6.03. The standard InChI is InChI=1S/C15H21ClN2/c16-14-4-3-12-10-15(11-13(12)9-14)17-5-8-18-6-1-2-7-18/h3-4,9,15,17H,1-2,5-8,10-11H2. The molecule has 1 heterocycles. The lowest BCUT2D eigenvalue weighted by Crippen LogP contribution is -2.36. The molecule has 2 aliphatic rings. The first-order valence-corrected chi connectivity index (χ1v) is 7.42. The molecule has 1 atom stereocenters. The van der Waals surface area contributed by atoms with Gasteiger partial charge in [-0.05, 0) is 62.0 Å². The molecule has 0 bridgehead atoms. The monoisotopic (exact) mass is 264 g/mol. The second kappa shape index (κ2) is 5.60. The van der Waals surface area contributed by atoms with Gasteiger partial charge in [-0.1, -0.05) is 17.7 Å². The van der Waals surface area contributed by atoms with Crippen LogP contribution in [0.25, 0.3) is 0 Å². The molecule has 0 radical (unpaired) electrons. The third kappa shape index (κ3) is 2.87. The van der Waals surface area contributed by atoms with Crippen molar-refractivity contribution in [1.82, 2.24) is 10.2 Å². The predicted molar refractivity (Wildman–Crippen MR) is 76.3 cm³/mol. The number of halogens is 1. The minimum Gasteiger partial charge on any atom is -0.312 e. The zero-order chi connectivity index (χ0) is 12.4. The number of likely N-dealkylation sites (tertiary alicyclic amines) is 1. The van der Waals surface area contributed by atoms with E-state index in [0.717, 1.165) is 24.4 Å². The van der Waals surface area contributed by atoms with Gasteiger partial charge in [0.1, 0.15) is 0 Å². The largest absolute Gasteiger partial charge is 0.312 e. The predicted octanol–water partition coefficient (Wildman–Crippen LogP) is 2.49. The molecular formula is C15H21ClN2. The number of nitrogens with zero attached hydrogens (tertiary/aromatic N) is 1. The van der Waals surface area contributed by atoms with Crippen molar-refractivity contribution in [3.63, 3.8) is 0 Å². The van der Waals surface area contributed by atoms with Crippen molar-refractivity contribution < 1.29 is 0 Å². The van der Waals surface area contributed by atoms with Crippen LogP contribution in [0.5, 0.6) is 0 Å². The van der Waals surface area contributed by atoms with Gasteiger partial charge in [0.25, 0.3) is 0 Å². The molecule has 3 rings (SSSR count). The minimum absolute atomic E-state index is 0.612. The lowest BCUT2D eigenvalue weighted by molar-refractivity contribution is 0.328. The van der Waals surface area contributed by atoms with Crippen molar-refractivity contribution >= 4 is 11.6 Å². The maximum atomic E-state index is 6.03. The fourth-order valence-electron chi connectivity index (χ4n) is 3.16. The van der Waals surface area contributed by atoms with Crippen molar-refractivity contribution in [3.05, 3.63) is 34.3 Å². The summed E-state index contributed by atoms with van der Waals surface area (Å²) in [5.41, 5.74) is 2.90. The average Bonchev–Trinajstić information content (AvgIpc) is 2.97. The summed E-state index contributed by atoms with van der Waals surface area (Å²) in [7, 11) is 0. The highest BCUT2D eigenvalue weighted by atomic mass is 35.5. The van der Waals surface area contributed by atoms with Gasteiger partial charge in [0.15, 0.2) is 0 Å². The summed E-state index contributed by atoms with van der Waals surface area (Å²) in [5, 5.41) is 4.56. The topological polar surface area (TPSA) is 15.3 Å². The Kier molecular flexibility index (Phi) is 3.88. The van der Waals surface area contributed by atoms with E-state index in [1.807, 2.05) is 6.07 Å². The lowest BCUT2D eigenvalue weighted by atomic mass is 10.1. The van der Waals surface area contributed by atoms with E-state index in [9.17, 15) is 0 Å². The van der Waals surface area contributed by atoms with Gasteiger partial charge in [-0.25, -0.2) is 0 Å². The molecule has 1 aromatic rings. The Labute approximate surface area is 114 Å². The number of rotatable bonds is 4. The third-order valence-corrected chi connectivity index (χ3v) is 4.40. The quantitative estimate of drug-likeness (QED) is 0.899. The van der Waals surface area contributed by atoms with Gasteiger partial charge in [-0.3, -0.25) is 0 Å². The highest BCUT2D eigenvalue weighted by molar-refractivity contribution is 6.30. The molecule has 1 fully saturated rings. The maximum Gasteiger partial charge on any atom is 0.0408 e. The zero-order valence-electron chi connectivity index (χ0n) is 10.8. The fourth-order valence-corrected chi connectivity index (χ4v) is 3.36. The molecule has 0 spiro atoms. The number of hydrogen-bond donors (Lipinski definition) is 1. The molecular weight excluding hydrogens is 244 g/mol. The third-order valence-electron chi connectivity index (χ3n) is 4.16. The van der Waals surface area contributed by atoms with Gasteiger partial charge in [0, 0.05) is 24.2 Å². The molecule has 3 heteroatoms. The summed E-state index contributed by atoms with van der Waals surface area (Å²) in [6, 6.07) is 6.92. The molecule has 1 N–H and O–H groups in total. The van der Waals surface area contributed by atoms with Crippen LogP contribution >= 0.6 is 11.6 Å². The molecule has 98 valence electrons. The molecule has 0 saturated carbocycles. The minimum atomic E-state index is 0.612. The van der Waals surface area contributed by atoms with Crippen LogP contribution < -0.4 is 5.32 Å². The van der Waals surface area contributed by atoms with Crippen molar-refractivity contribution in [1.29, 1.82) is 0 Å². The van der Waals surface area contributed by atoms with E-state index in [4.69, 9.17) is 11.6 Å². The first-order valence-electron chi connectivity index (χ1n) is 7.04. The zero-order valence-corrected chi connectivity index (χ0v) is 11.5. The normalized spacial score (nSPS) is 23.5. The Hall–Kier alpha value is -0.570. The van der Waals surface area contributed by atoms with Crippen LogP contribution in [-0.2, 0) is 12.8 Å². The maximum absolute atomic E-state index is 6.03. The molecule has 1 aliphatic carbocycles. The number of hydrogen-bond acceptors (Lipinski definition) is 2. The lowest BCUT2D eigenvalue weighted by Gasteiger charge is -2.17. The van der Waals surface area contributed by atoms with Crippen molar-refractivity contribution in [2.45, 2.75) is 31.7 Å². The second-order valence-corrected chi connectivity index (χ2v) is 5.96. The smallest absolute Gasteiger partial charge is 0.0408 e. The molecule has 1 unspecified atom stereocenters. The first-order chi connectivity index (χ1) is 8.81. The van der Waals surface area contributed by atoms with Crippen LogP contribution in [0.4, 0.5) is 0 Å². The van der Waals surface area contributed by atoms with Crippen LogP contribution in [0, 0.1) is 0 Å². The van der Waals surface area contributed by atoms with E-state index in [2.05, 4.69) is 22.3 Å². The molecule has 2 nitrogen and oxygen atoms in total. The van der Waals surface area contributed by atoms with E-state index in [1.54, 1.807) is 0 Å². The SMILES string of the molecule is Clc1ccc2c(c1)CC(NCCN1CCCC1)C2. The Morgan fingerprint density at radius 1 is 1.17 bits per heavy atom. The Morgan fingerprint density at radius 3 is 2.78 bits per heavy atom. The van der Waals surface area contributed by atoms with Gasteiger partial charge in [0.2, 0.25) is 0 Å². The molecule has 0 aromatic heterocycles. The van der Waals surface area contributed by atoms with Gasteiger partial charge in [-0.15, -0.1) is 0 Å². The Morgan fingerprint density at radius 2 is 1.94 bits per heavy atom. The van der Waals surface area contributed by atoms with Crippen molar-refractivity contribution in [3.8, 4) is 0 Å². The Balaban J connectivity index is 1.46.